The van der Waals surface area contributed by atoms with E-state index in [1.807, 2.05) is 0 Å². The molecule has 0 N–H and O–H groups in total. The van der Waals surface area contributed by atoms with Gasteiger partial charge in [-0.05, 0) is 29.8 Å². The van der Waals surface area contributed by atoms with Gasteiger partial charge in [0.2, 0.25) is 5.91 Å². The third-order valence-corrected chi connectivity index (χ3v) is 2.82. The van der Waals surface area contributed by atoms with E-state index in [1.165, 1.54) is 24.7 Å². The van der Waals surface area contributed by atoms with Crippen molar-refractivity contribution in [2.24, 2.45) is 0 Å². The lowest BCUT2D eigenvalue weighted by molar-refractivity contribution is -0.163. The molecule has 1 aromatic rings. The summed E-state index contributed by atoms with van der Waals surface area (Å²) in [5, 5.41) is 3.93. The number of carbonyl (C=O) groups excluding carboxylic acids is 1. The predicted molar refractivity (Wildman–Crippen MR) is 62.9 cm³/mol. The molecular formula is C10H13BrF3N3O. The standard InChI is InChI=1S/C10H13BrF3N3O/c1-9(2,17-5-7(11)4-15-17)8(18)16(3)6-10(12,13)14/h4-5H,6H2,1-3H3. The summed E-state index contributed by atoms with van der Waals surface area (Å²) in [5.74, 6) is -0.657. The van der Waals surface area contributed by atoms with Crippen LogP contribution in [-0.4, -0.2) is 40.4 Å². The molecule has 1 heterocycles. The lowest BCUT2D eigenvalue weighted by Crippen LogP contribution is -2.48. The second kappa shape index (κ2) is 4.91. The first-order valence-electron chi connectivity index (χ1n) is 5.07. The lowest BCUT2D eigenvalue weighted by Gasteiger charge is -2.30. The van der Waals surface area contributed by atoms with Crippen molar-refractivity contribution in [1.82, 2.24) is 14.7 Å². The molecule has 8 heteroatoms. The molecule has 0 saturated carbocycles. The van der Waals surface area contributed by atoms with Gasteiger partial charge in [-0.3, -0.25) is 9.48 Å². The quantitative estimate of drug-likeness (QED) is 0.855. The number of amides is 1. The molecule has 1 aromatic heterocycles. The minimum Gasteiger partial charge on any atom is -0.335 e. The monoisotopic (exact) mass is 327 g/mol. The van der Waals surface area contributed by atoms with E-state index in [4.69, 9.17) is 0 Å². The normalized spacial score (nSPS) is 12.6. The van der Waals surface area contributed by atoms with Crippen molar-refractivity contribution in [3.63, 3.8) is 0 Å². The van der Waals surface area contributed by atoms with Gasteiger partial charge in [0.15, 0.2) is 0 Å². The molecule has 1 amide bonds. The van der Waals surface area contributed by atoms with Gasteiger partial charge in [0.1, 0.15) is 12.1 Å². The maximum absolute atomic E-state index is 12.2. The van der Waals surface area contributed by atoms with Gasteiger partial charge in [0.05, 0.1) is 10.7 Å². The van der Waals surface area contributed by atoms with E-state index in [-0.39, 0.29) is 0 Å². The fraction of sp³-hybridized carbons (Fsp3) is 0.600. The number of hydrogen-bond donors (Lipinski definition) is 0. The summed E-state index contributed by atoms with van der Waals surface area (Å²) in [7, 11) is 1.12. The largest absolute Gasteiger partial charge is 0.406 e. The minimum absolute atomic E-state index is 0.648. The highest BCUT2D eigenvalue weighted by atomic mass is 79.9. The van der Waals surface area contributed by atoms with Gasteiger partial charge in [-0.25, -0.2) is 0 Å². The summed E-state index contributed by atoms with van der Waals surface area (Å²) in [6, 6.07) is 0. The van der Waals surface area contributed by atoms with Gasteiger partial charge in [-0.2, -0.15) is 18.3 Å². The molecule has 1 rings (SSSR count). The van der Waals surface area contributed by atoms with Crippen LogP contribution in [0.4, 0.5) is 13.2 Å². The van der Waals surface area contributed by atoms with Crippen LogP contribution in [0.3, 0.4) is 0 Å². The number of aromatic nitrogens is 2. The number of halogens is 4. The van der Waals surface area contributed by atoms with Gasteiger partial charge >= 0.3 is 6.18 Å². The first kappa shape index (κ1) is 15.0. The smallest absolute Gasteiger partial charge is 0.335 e. The third kappa shape index (κ3) is 3.47. The SMILES string of the molecule is CN(CC(F)(F)F)C(=O)C(C)(C)n1cc(Br)cn1. The van der Waals surface area contributed by atoms with Gasteiger partial charge < -0.3 is 4.90 Å². The van der Waals surface area contributed by atoms with Crippen LogP contribution in [0.2, 0.25) is 0 Å². The van der Waals surface area contributed by atoms with Gasteiger partial charge in [-0.1, -0.05) is 0 Å². The van der Waals surface area contributed by atoms with Crippen LogP contribution in [0, 0.1) is 0 Å². The second-order valence-corrected chi connectivity index (χ2v) is 5.35. The zero-order chi connectivity index (χ0) is 14.1. The maximum Gasteiger partial charge on any atom is 0.406 e. The van der Waals surface area contributed by atoms with Crippen LogP contribution < -0.4 is 0 Å². The Kier molecular flexibility index (Phi) is 4.09. The highest BCUT2D eigenvalue weighted by Gasteiger charge is 2.38. The highest BCUT2D eigenvalue weighted by molar-refractivity contribution is 9.10. The van der Waals surface area contributed by atoms with Crippen molar-refractivity contribution >= 4 is 21.8 Å². The van der Waals surface area contributed by atoms with E-state index >= 15 is 0 Å². The highest BCUT2D eigenvalue weighted by Crippen LogP contribution is 2.22. The first-order valence-corrected chi connectivity index (χ1v) is 5.86. The molecule has 0 spiro atoms. The van der Waals surface area contributed by atoms with Crippen LogP contribution in [0.15, 0.2) is 16.9 Å². The number of rotatable bonds is 3. The van der Waals surface area contributed by atoms with Crippen LogP contribution in [0.25, 0.3) is 0 Å². The number of alkyl halides is 3. The fourth-order valence-corrected chi connectivity index (χ4v) is 1.80. The van der Waals surface area contributed by atoms with Crippen LogP contribution in [0.5, 0.6) is 0 Å². The number of nitrogens with zero attached hydrogens (tertiary/aromatic N) is 3. The zero-order valence-corrected chi connectivity index (χ0v) is 11.7. The molecule has 0 saturated heterocycles. The van der Waals surface area contributed by atoms with E-state index in [1.54, 1.807) is 6.20 Å². The zero-order valence-electron chi connectivity index (χ0n) is 10.1. The summed E-state index contributed by atoms with van der Waals surface area (Å²) < 4.78 is 38.7. The van der Waals surface area contributed by atoms with Crippen LogP contribution >= 0.6 is 15.9 Å². The molecule has 0 bridgehead atoms. The fourth-order valence-electron chi connectivity index (χ4n) is 1.51. The Bertz CT molecular complexity index is 442. The number of likely N-dealkylation sites (N-methyl/N-ethyl adjacent to an activating group) is 1. The van der Waals surface area contributed by atoms with Crippen molar-refractivity contribution in [1.29, 1.82) is 0 Å². The molecule has 0 atom stereocenters. The van der Waals surface area contributed by atoms with Crippen molar-refractivity contribution in [2.45, 2.75) is 25.6 Å². The van der Waals surface area contributed by atoms with E-state index in [9.17, 15) is 18.0 Å². The van der Waals surface area contributed by atoms with Crippen molar-refractivity contribution in [3.05, 3.63) is 16.9 Å². The van der Waals surface area contributed by atoms with E-state index in [0.717, 1.165) is 7.05 Å². The van der Waals surface area contributed by atoms with Crippen LogP contribution in [-0.2, 0) is 10.3 Å². The molecular weight excluding hydrogens is 315 g/mol. The Morgan fingerprint density at radius 2 is 2.06 bits per heavy atom. The third-order valence-electron chi connectivity index (χ3n) is 2.41. The Hall–Kier alpha value is -1.05. The number of carbonyl (C=O) groups is 1. The maximum atomic E-state index is 12.2. The average Bonchev–Trinajstić information content (AvgIpc) is 2.61. The molecule has 0 unspecified atom stereocenters. The minimum atomic E-state index is -4.41. The first-order chi connectivity index (χ1) is 8.04. The van der Waals surface area contributed by atoms with Crippen molar-refractivity contribution < 1.29 is 18.0 Å². The molecule has 0 aromatic carbocycles. The Morgan fingerprint density at radius 1 is 1.50 bits per heavy atom. The Morgan fingerprint density at radius 3 is 2.44 bits per heavy atom. The average molecular weight is 328 g/mol. The molecule has 18 heavy (non-hydrogen) atoms. The Labute approximate surface area is 111 Å². The van der Waals surface area contributed by atoms with Gasteiger partial charge in [0.25, 0.3) is 0 Å². The molecule has 0 fully saturated rings. The second-order valence-electron chi connectivity index (χ2n) is 4.44. The molecule has 4 nitrogen and oxygen atoms in total. The van der Waals surface area contributed by atoms with E-state index in [0.29, 0.717) is 9.37 Å². The topological polar surface area (TPSA) is 38.1 Å². The summed E-state index contributed by atoms with van der Waals surface area (Å²) >= 11 is 3.17. The summed E-state index contributed by atoms with van der Waals surface area (Å²) in [6.07, 6.45) is -1.40. The van der Waals surface area contributed by atoms with E-state index < -0.39 is 24.2 Å². The molecule has 0 radical (unpaired) electrons. The molecule has 0 aliphatic heterocycles. The van der Waals surface area contributed by atoms with Gasteiger partial charge in [-0.15, -0.1) is 0 Å². The van der Waals surface area contributed by atoms with Crippen molar-refractivity contribution in [2.75, 3.05) is 13.6 Å². The molecule has 0 aliphatic rings. The van der Waals surface area contributed by atoms with Crippen LogP contribution in [0.1, 0.15) is 13.8 Å². The van der Waals surface area contributed by atoms with Crippen molar-refractivity contribution in [3.8, 4) is 0 Å². The summed E-state index contributed by atoms with van der Waals surface area (Å²) in [6.45, 7) is 1.75. The molecule has 0 aliphatic carbocycles. The van der Waals surface area contributed by atoms with E-state index in [2.05, 4.69) is 21.0 Å². The van der Waals surface area contributed by atoms with Gasteiger partial charge in [0, 0.05) is 13.2 Å². The predicted octanol–water partition coefficient (Wildman–Crippen LogP) is 2.40. The summed E-state index contributed by atoms with van der Waals surface area (Å²) in [4.78, 5) is 12.7. The lowest BCUT2D eigenvalue weighted by atomic mass is 10.0. The summed E-state index contributed by atoms with van der Waals surface area (Å²) in [5.41, 5.74) is -1.17. The Balaban J connectivity index is 2.88. The number of hydrogen-bond acceptors (Lipinski definition) is 2. The molecule has 102 valence electrons.